The maximum absolute atomic E-state index is 14.2. The molecule has 5 nitrogen and oxygen atoms in total. The largest absolute Gasteiger partial charge is 0.331 e. The van der Waals surface area contributed by atoms with Crippen LogP contribution in [-0.4, -0.2) is 42.2 Å². The maximum Gasteiger partial charge on any atom is 0.254 e. The topological polar surface area (TPSA) is 57.7 Å². The Morgan fingerprint density at radius 3 is 2.55 bits per heavy atom. The van der Waals surface area contributed by atoms with Crippen LogP contribution in [-0.2, 0) is 16.6 Å². The van der Waals surface area contributed by atoms with E-state index in [1.807, 2.05) is 6.92 Å². The molecule has 2 fully saturated rings. The standard InChI is InChI=1S/C24H29FN2O3S/c1-17-10-13-21(31(29,30)27-14-6-5-7-18(27)2)15-22(17)24(28)26(20-11-12-20)16-19-8-3-4-9-23(19)25/h3-4,8-10,13,15,18,20H,5-7,11-12,14,16H2,1-2H3. The molecule has 0 N–H and O–H groups in total. The highest BCUT2D eigenvalue weighted by Gasteiger charge is 2.35. The second-order valence-electron chi connectivity index (χ2n) is 8.69. The summed E-state index contributed by atoms with van der Waals surface area (Å²) in [5, 5.41) is 0. The molecule has 1 atom stereocenters. The second-order valence-corrected chi connectivity index (χ2v) is 10.6. The Hall–Kier alpha value is -2.25. The Labute approximate surface area is 183 Å². The zero-order valence-electron chi connectivity index (χ0n) is 18.1. The van der Waals surface area contributed by atoms with Crippen LogP contribution in [0.15, 0.2) is 47.4 Å². The first-order valence-corrected chi connectivity index (χ1v) is 12.4. The van der Waals surface area contributed by atoms with Gasteiger partial charge in [-0.05, 0) is 63.3 Å². The van der Waals surface area contributed by atoms with Gasteiger partial charge in [0.1, 0.15) is 5.82 Å². The van der Waals surface area contributed by atoms with Gasteiger partial charge in [-0.25, -0.2) is 12.8 Å². The second kappa shape index (κ2) is 8.71. The van der Waals surface area contributed by atoms with Crippen molar-refractivity contribution in [2.24, 2.45) is 0 Å². The first-order valence-electron chi connectivity index (χ1n) is 11.0. The molecule has 0 aromatic heterocycles. The number of piperidine rings is 1. The highest BCUT2D eigenvalue weighted by molar-refractivity contribution is 7.89. The van der Waals surface area contributed by atoms with Crippen LogP contribution in [0.1, 0.15) is 60.5 Å². The quantitative estimate of drug-likeness (QED) is 0.659. The number of aryl methyl sites for hydroxylation is 1. The molecular weight excluding hydrogens is 415 g/mol. The van der Waals surface area contributed by atoms with Gasteiger partial charge in [-0.3, -0.25) is 4.79 Å². The van der Waals surface area contributed by atoms with Gasteiger partial charge >= 0.3 is 0 Å². The van der Waals surface area contributed by atoms with Crippen LogP contribution >= 0.6 is 0 Å². The van der Waals surface area contributed by atoms with E-state index in [1.54, 1.807) is 46.5 Å². The Bertz CT molecular complexity index is 1080. The average Bonchev–Trinajstić information content (AvgIpc) is 3.58. The van der Waals surface area contributed by atoms with Gasteiger partial charge in [0.05, 0.1) is 4.90 Å². The third-order valence-corrected chi connectivity index (χ3v) is 8.34. The van der Waals surface area contributed by atoms with Crippen molar-refractivity contribution in [2.45, 2.75) is 69.5 Å². The number of nitrogens with zero attached hydrogens (tertiary/aromatic N) is 2. The van der Waals surface area contributed by atoms with Crippen molar-refractivity contribution in [1.82, 2.24) is 9.21 Å². The molecule has 0 spiro atoms. The number of benzene rings is 2. The Balaban J connectivity index is 1.65. The summed E-state index contributed by atoms with van der Waals surface area (Å²) in [4.78, 5) is 15.3. The lowest BCUT2D eigenvalue weighted by atomic mass is 10.1. The van der Waals surface area contributed by atoms with E-state index in [1.165, 1.54) is 12.1 Å². The van der Waals surface area contributed by atoms with Crippen molar-refractivity contribution in [2.75, 3.05) is 6.54 Å². The van der Waals surface area contributed by atoms with Crippen LogP contribution in [0, 0.1) is 12.7 Å². The van der Waals surface area contributed by atoms with Gasteiger partial charge in [-0.2, -0.15) is 4.31 Å². The molecule has 1 aliphatic carbocycles. The third kappa shape index (κ3) is 4.53. The number of rotatable bonds is 6. The lowest BCUT2D eigenvalue weighted by Crippen LogP contribution is -2.42. The maximum atomic E-state index is 14.2. The van der Waals surface area contributed by atoms with Crippen molar-refractivity contribution >= 4 is 15.9 Å². The monoisotopic (exact) mass is 444 g/mol. The first kappa shape index (κ1) is 22.0. The van der Waals surface area contributed by atoms with E-state index in [-0.39, 0.29) is 35.2 Å². The molecule has 31 heavy (non-hydrogen) atoms. The number of hydrogen-bond acceptors (Lipinski definition) is 3. The molecule has 1 amide bonds. The van der Waals surface area contributed by atoms with Gasteiger partial charge in [0.2, 0.25) is 10.0 Å². The molecule has 4 rings (SSSR count). The zero-order valence-corrected chi connectivity index (χ0v) is 18.9. The van der Waals surface area contributed by atoms with Crippen LogP contribution in [0.3, 0.4) is 0 Å². The minimum atomic E-state index is -3.68. The minimum absolute atomic E-state index is 0.0526. The summed E-state index contributed by atoms with van der Waals surface area (Å²) in [5.74, 6) is -0.583. The van der Waals surface area contributed by atoms with Crippen LogP contribution in [0.4, 0.5) is 4.39 Å². The number of carbonyl (C=O) groups is 1. The number of amides is 1. The van der Waals surface area contributed by atoms with Crippen LogP contribution < -0.4 is 0 Å². The molecule has 2 aliphatic rings. The summed E-state index contributed by atoms with van der Waals surface area (Å²) in [6.45, 7) is 4.42. The highest BCUT2D eigenvalue weighted by atomic mass is 32.2. The lowest BCUT2D eigenvalue weighted by Gasteiger charge is -2.32. The predicted molar refractivity (Wildman–Crippen MR) is 118 cm³/mol. The predicted octanol–water partition coefficient (Wildman–Crippen LogP) is 4.50. The molecule has 1 aliphatic heterocycles. The number of carbonyl (C=O) groups excluding carboxylic acids is 1. The van der Waals surface area contributed by atoms with Gasteiger partial charge < -0.3 is 4.90 Å². The summed E-state index contributed by atoms with van der Waals surface area (Å²) in [7, 11) is -3.68. The molecular formula is C24H29FN2O3S. The minimum Gasteiger partial charge on any atom is -0.331 e. The van der Waals surface area contributed by atoms with Crippen LogP contribution in [0.2, 0.25) is 0 Å². The van der Waals surface area contributed by atoms with Gasteiger partial charge in [0.25, 0.3) is 5.91 Å². The number of hydrogen-bond donors (Lipinski definition) is 0. The number of sulfonamides is 1. The van der Waals surface area contributed by atoms with E-state index in [0.29, 0.717) is 17.7 Å². The van der Waals surface area contributed by atoms with E-state index in [0.717, 1.165) is 37.7 Å². The first-order chi connectivity index (χ1) is 14.8. The molecule has 1 saturated carbocycles. The van der Waals surface area contributed by atoms with E-state index < -0.39 is 10.0 Å². The molecule has 166 valence electrons. The Kier molecular flexibility index (Phi) is 6.17. The van der Waals surface area contributed by atoms with Crippen molar-refractivity contribution in [3.8, 4) is 0 Å². The average molecular weight is 445 g/mol. The summed E-state index contributed by atoms with van der Waals surface area (Å²) in [6.07, 6.45) is 4.47. The molecule has 2 aromatic rings. The van der Waals surface area contributed by atoms with Crippen molar-refractivity contribution in [3.63, 3.8) is 0 Å². The smallest absolute Gasteiger partial charge is 0.254 e. The molecule has 1 saturated heterocycles. The van der Waals surface area contributed by atoms with Gasteiger partial charge in [-0.1, -0.05) is 30.7 Å². The molecule has 0 radical (unpaired) electrons. The summed E-state index contributed by atoms with van der Waals surface area (Å²) < 4.78 is 42.3. The third-order valence-electron chi connectivity index (χ3n) is 6.34. The van der Waals surface area contributed by atoms with Gasteiger partial charge in [-0.15, -0.1) is 0 Å². The zero-order chi connectivity index (χ0) is 22.2. The SMILES string of the molecule is Cc1ccc(S(=O)(=O)N2CCCCC2C)cc1C(=O)N(Cc1ccccc1F)C1CC1. The fourth-order valence-electron chi connectivity index (χ4n) is 4.27. The van der Waals surface area contributed by atoms with Crippen molar-refractivity contribution in [3.05, 3.63) is 65.0 Å². The molecule has 0 bridgehead atoms. The Morgan fingerprint density at radius 2 is 1.87 bits per heavy atom. The summed E-state index contributed by atoms with van der Waals surface area (Å²) >= 11 is 0. The van der Waals surface area contributed by atoms with Crippen molar-refractivity contribution in [1.29, 1.82) is 0 Å². The summed E-state index contributed by atoms with van der Waals surface area (Å²) in [5.41, 5.74) is 1.55. The van der Waals surface area contributed by atoms with Crippen LogP contribution in [0.5, 0.6) is 0 Å². The fraction of sp³-hybridized carbons (Fsp3) is 0.458. The van der Waals surface area contributed by atoms with E-state index in [9.17, 15) is 17.6 Å². The number of halogens is 1. The van der Waals surface area contributed by atoms with Crippen molar-refractivity contribution < 1.29 is 17.6 Å². The van der Waals surface area contributed by atoms with Crippen LogP contribution in [0.25, 0.3) is 0 Å². The van der Waals surface area contributed by atoms with E-state index in [2.05, 4.69) is 0 Å². The Morgan fingerprint density at radius 1 is 1.13 bits per heavy atom. The lowest BCUT2D eigenvalue weighted by molar-refractivity contribution is 0.0727. The summed E-state index contributed by atoms with van der Waals surface area (Å²) in [6, 6.07) is 11.3. The molecule has 2 aromatic carbocycles. The van der Waals surface area contributed by atoms with Gasteiger partial charge in [0.15, 0.2) is 0 Å². The normalized spacial score (nSPS) is 19.9. The highest BCUT2D eigenvalue weighted by Crippen LogP contribution is 2.32. The fourth-order valence-corrected chi connectivity index (χ4v) is 6.00. The molecule has 7 heteroatoms. The van der Waals surface area contributed by atoms with E-state index >= 15 is 0 Å². The van der Waals surface area contributed by atoms with Gasteiger partial charge in [0, 0.05) is 36.3 Å². The molecule has 1 heterocycles. The van der Waals surface area contributed by atoms with E-state index in [4.69, 9.17) is 0 Å². The molecule has 1 unspecified atom stereocenters.